The first kappa shape index (κ1) is 13.3. The summed E-state index contributed by atoms with van der Waals surface area (Å²) in [6.45, 7) is 0.515. The van der Waals surface area contributed by atoms with Crippen LogP contribution in [0.15, 0.2) is 29.2 Å². The third-order valence-electron chi connectivity index (χ3n) is 3.55. The Labute approximate surface area is 108 Å². The molecule has 6 heteroatoms. The summed E-state index contributed by atoms with van der Waals surface area (Å²) in [6, 6.07) is 6.90. The molecule has 1 saturated carbocycles. The van der Waals surface area contributed by atoms with Crippen LogP contribution < -0.4 is 15.8 Å². The summed E-state index contributed by atoms with van der Waals surface area (Å²) in [7, 11) is -2.04. The van der Waals surface area contributed by atoms with Crippen LogP contribution in [0.3, 0.4) is 0 Å². The Balaban J connectivity index is 2.34. The molecule has 5 nitrogen and oxygen atoms in total. The van der Waals surface area contributed by atoms with Crippen molar-refractivity contribution < 1.29 is 8.42 Å². The second-order valence-corrected chi connectivity index (χ2v) is 6.52. The van der Waals surface area contributed by atoms with Crippen molar-refractivity contribution in [2.45, 2.75) is 29.7 Å². The topological polar surface area (TPSA) is 84.2 Å². The average molecular weight is 269 g/mol. The SMILES string of the molecule is CNS(=O)(=O)c1ccccc1NC1(CN)CCC1. The Morgan fingerprint density at radius 2 is 2.00 bits per heavy atom. The second-order valence-electron chi connectivity index (χ2n) is 4.67. The van der Waals surface area contributed by atoms with Crippen molar-refractivity contribution in [2.75, 3.05) is 18.9 Å². The van der Waals surface area contributed by atoms with Crippen LogP contribution in [-0.4, -0.2) is 27.5 Å². The quantitative estimate of drug-likeness (QED) is 0.741. The van der Waals surface area contributed by atoms with Gasteiger partial charge in [0, 0.05) is 12.1 Å². The number of hydrogen-bond acceptors (Lipinski definition) is 4. The molecule has 0 bridgehead atoms. The van der Waals surface area contributed by atoms with Crippen LogP contribution in [0.2, 0.25) is 0 Å². The minimum absolute atomic E-state index is 0.140. The maximum absolute atomic E-state index is 11.9. The molecule has 0 saturated heterocycles. The molecule has 0 heterocycles. The largest absolute Gasteiger partial charge is 0.377 e. The van der Waals surface area contributed by atoms with E-state index in [0.29, 0.717) is 12.2 Å². The Bertz CT molecular complexity index is 518. The highest BCUT2D eigenvalue weighted by atomic mass is 32.2. The maximum atomic E-state index is 11.9. The van der Waals surface area contributed by atoms with Gasteiger partial charge in [-0.3, -0.25) is 0 Å². The van der Waals surface area contributed by atoms with Crippen molar-refractivity contribution in [3.05, 3.63) is 24.3 Å². The molecule has 0 aliphatic heterocycles. The molecular weight excluding hydrogens is 250 g/mol. The van der Waals surface area contributed by atoms with Gasteiger partial charge in [-0.05, 0) is 38.4 Å². The van der Waals surface area contributed by atoms with E-state index in [1.54, 1.807) is 18.2 Å². The van der Waals surface area contributed by atoms with Crippen LogP contribution in [0.25, 0.3) is 0 Å². The monoisotopic (exact) mass is 269 g/mol. The van der Waals surface area contributed by atoms with Gasteiger partial charge in [-0.25, -0.2) is 13.1 Å². The number of nitrogens with two attached hydrogens (primary N) is 1. The van der Waals surface area contributed by atoms with E-state index >= 15 is 0 Å². The molecule has 18 heavy (non-hydrogen) atoms. The van der Waals surface area contributed by atoms with Crippen molar-refractivity contribution in [2.24, 2.45) is 5.73 Å². The number of nitrogens with one attached hydrogen (secondary N) is 2. The van der Waals surface area contributed by atoms with E-state index in [1.807, 2.05) is 6.07 Å². The van der Waals surface area contributed by atoms with Crippen molar-refractivity contribution in [3.8, 4) is 0 Å². The van der Waals surface area contributed by atoms with Crippen LogP contribution in [0.1, 0.15) is 19.3 Å². The van der Waals surface area contributed by atoms with Crippen molar-refractivity contribution >= 4 is 15.7 Å². The highest BCUT2D eigenvalue weighted by Crippen LogP contribution is 2.36. The van der Waals surface area contributed by atoms with Gasteiger partial charge in [0.1, 0.15) is 4.90 Å². The van der Waals surface area contributed by atoms with Crippen LogP contribution >= 0.6 is 0 Å². The molecule has 1 aromatic rings. The summed E-state index contributed by atoms with van der Waals surface area (Å²) in [5.41, 5.74) is 6.26. The zero-order chi connectivity index (χ0) is 13.2. The van der Waals surface area contributed by atoms with Gasteiger partial charge in [-0.1, -0.05) is 12.1 Å². The third kappa shape index (κ3) is 2.36. The van der Waals surface area contributed by atoms with E-state index in [4.69, 9.17) is 5.73 Å². The Morgan fingerprint density at radius 3 is 2.50 bits per heavy atom. The summed E-state index contributed by atoms with van der Waals surface area (Å²) in [4.78, 5) is 0.271. The number of benzene rings is 1. The molecule has 1 fully saturated rings. The van der Waals surface area contributed by atoms with E-state index in [9.17, 15) is 8.42 Å². The molecule has 0 spiro atoms. The summed E-state index contributed by atoms with van der Waals surface area (Å²) in [5.74, 6) is 0. The van der Waals surface area contributed by atoms with Crippen LogP contribution in [0.5, 0.6) is 0 Å². The highest BCUT2D eigenvalue weighted by molar-refractivity contribution is 7.89. The summed E-state index contributed by atoms with van der Waals surface area (Å²) < 4.78 is 26.2. The minimum Gasteiger partial charge on any atom is -0.377 e. The summed E-state index contributed by atoms with van der Waals surface area (Å²) in [5, 5.41) is 3.31. The molecule has 1 aromatic carbocycles. The van der Waals surface area contributed by atoms with E-state index < -0.39 is 10.0 Å². The molecule has 0 unspecified atom stereocenters. The standard InChI is InChI=1S/C12H19N3O2S/c1-14-18(16,17)11-6-3-2-5-10(11)15-12(9-13)7-4-8-12/h2-3,5-6,14-15H,4,7-9,13H2,1H3. The zero-order valence-electron chi connectivity index (χ0n) is 10.4. The van der Waals surface area contributed by atoms with Crippen LogP contribution in [-0.2, 0) is 10.0 Å². The molecule has 4 N–H and O–H groups in total. The smallest absolute Gasteiger partial charge is 0.242 e. The van der Waals surface area contributed by atoms with E-state index in [1.165, 1.54) is 7.05 Å². The van der Waals surface area contributed by atoms with E-state index in [0.717, 1.165) is 19.3 Å². The lowest BCUT2D eigenvalue weighted by molar-refractivity contribution is 0.287. The lowest BCUT2D eigenvalue weighted by atomic mass is 9.76. The number of anilines is 1. The first-order valence-electron chi connectivity index (χ1n) is 6.04. The van der Waals surface area contributed by atoms with Crippen molar-refractivity contribution in [1.82, 2.24) is 4.72 Å². The van der Waals surface area contributed by atoms with Gasteiger partial charge in [-0.2, -0.15) is 0 Å². The Hall–Kier alpha value is -1.11. The van der Waals surface area contributed by atoms with Gasteiger partial charge in [0.2, 0.25) is 10.0 Å². The van der Waals surface area contributed by atoms with Gasteiger partial charge in [0.15, 0.2) is 0 Å². The highest BCUT2D eigenvalue weighted by Gasteiger charge is 2.36. The molecule has 100 valence electrons. The molecule has 0 atom stereocenters. The number of rotatable bonds is 5. The average Bonchev–Trinajstić information content (AvgIpc) is 2.34. The molecule has 0 amide bonds. The predicted octanol–water partition coefficient (Wildman–Crippen LogP) is 0.888. The fraction of sp³-hybridized carbons (Fsp3) is 0.500. The maximum Gasteiger partial charge on any atom is 0.242 e. The first-order valence-corrected chi connectivity index (χ1v) is 7.52. The molecule has 1 aliphatic carbocycles. The Kier molecular flexibility index (Phi) is 3.61. The molecule has 0 aromatic heterocycles. The molecule has 2 rings (SSSR count). The summed E-state index contributed by atoms with van der Waals surface area (Å²) >= 11 is 0. The summed E-state index contributed by atoms with van der Waals surface area (Å²) in [6.07, 6.45) is 3.10. The molecule has 0 radical (unpaired) electrons. The Morgan fingerprint density at radius 1 is 1.33 bits per heavy atom. The fourth-order valence-electron chi connectivity index (χ4n) is 2.18. The first-order chi connectivity index (χ1) is 8.53. The van der Waals surface area contributed by atoms with Crippen molar-refractivity contribution in [1.29, 1.82) is 0 Å². The number of hydrogen-bond donors (Lipinski definition) is 3. The lowest BCUT2D eigenvalue weighted by Gasteiger charge is -2.42. The third-order valence-corrected chi connectivity index (χ3v) is 5.02. The molecular formula is C12H19N3O2S. The number of para-hydroxylation sites is 1. The number of sulfonamides is 1. The van der Waals surface area contributed by atoms with Crippen LogP contribution in [0, 0.1) is 0 Å². The van der Waals surface area contributed by atoms with Crippen molar-refractivity contribution in [3.63, 3.8) is 0 Å². The van der Waals surface area contributed by atoms with Gasteiger partial charge in [0.25, 0.3) is 0 Å². The second kappa shape index (κ2) is 4.87. The minimum atomic E-state index is -3.45. The zero-order valence-corrected chi connectivity index (χ0v) is 11.3. The molecule has 1 aliphatic rings. The fourth-order valence-corrected chi connectivity index (χ4v) is 3.07. The van der Waals surface area contributed by atoms with Gasteiger partial charge >= 0.3 is 0 Å². The predicted molar refractivity (Wildman–Crippen MR) is 71.9 cm³/mol. The van der Waals surface area contributed by atoms with Gasteiger partial charge in [-0.15, -0.1) is 0 Å². The lowest BCUT2D eigenvalue weighted by Crippen LogP contribution is -2.51. The van der Waals surface area contributed by atoms with E-state index in [2.05, 4.69) is 10.0 Å². The van der Waals surface area contributed by atoms with Gasteiger partial charge < -0.3 is 11.1 Å². The van der Waals surface area contributed by atoms with Gasteiger partial charge in [0.05, 0.1) is 5.69 Å². The van der Waals surface area contributed by atoms with E-state index in [-0.39, 0.29) is 10.4 Å². The van der Waals surface area contributed by atoms with Crippen LogP contribution in [0.4, 0.5) is 5.69 Å². The normalized spacial score (nSPS) is 18.1.